The number of carbonyl (C=O) groups excluding carboxylic acids is 1. The Hall–Kier alpha value is -1.29. The van der Waals surface area contributed by atoms with Gasteiger partial charge in [0.1, 0.15) is 0 Å². The molecule has 0 unspecified atom stereocenters. The van der Waals surface area contributed by atoms with E-state index in [1.807, 2.05) is 19.1 Å². The highest BCUT2D eigenvalue weighted by Crippen LogP contribution is 2.30. The molecule has 1 N–H and O–H groups in total. The van der Waals surface area contributed by atoms with E-state index in [-0.39, 0.29) is 5.97 Å². The van der Waals surface area contributed by atoms with Gasteiger partial charge in [-0.15, -0.1) is 0 Å². The maximum absolute atomic E-state index is 11.7. The molecule has 0 saturated heterocycles. The second kappa shape index (κ2) is 4.29. The Morgan fingerprint density at radius 1 is 1.50 bits per heavy atom. The molecule has 4 heteroatoms. The van der Waals surface area contributed by atoms with Crippen molar-refractivity contribution in [2.45, 2.75) is 13.8 Å². The third kappa shape index (κ3) is 1.73. The number of hydrogen-bond donors (Lipinski definition) is 1. The number of hydrogen-bond acceptors (Lipinski definition) is 2. The van der Waals surface area contributed by atoms with Crippen LogP contribution in [-0.2, 0) is 4.74 Å². The summed E-state index contributed by atoms with van der Waals surface area (Å²) in [7, 11) is 0. The second-order valence-corrected chi connectivity index (χ2v) is 4.33. The SMILES string of the molecule is CCOC(=O)c1c[nH]c2ccc(C)c(Br)c12. The molecule has 0 radical (unpaired) electrons. The van der Waals surface area contributed by atoms with Gasteiger partial charge in [0.05, 0.1) is 12.2 Å². The standard InChI is InChI=1S/C12H12BrNO2/c1-3-16-12(15)8-6-14-9-5-4-7(2)11(13)10(8)9/h4-6,14H,3H2,1-2H3. The van der Waals surface area contributed by atoms with Crippen LogP contribution in [0.4, 0.5) is 0 Å². The maximum atomic E-state index is 11.7. The van der Waals surface area contributed by atoms with Gasteiger partial charge >= 0.3 is 5.97 Å². The van der Waals surface area contributed by atoms with Crippen LogP contribution in [0.5, 0.6) is 0 Å². The van der Waals surface area contributed by atoms with Gasteiger partial charge < -0.3 is 9.72 Å². The van der Waals surface area contributed by atoms with E-state index < -0.39 is 0 Å². The number of ether oxygens (including phenoxy) is 1. The first-order valence-electron chi connectivity index (χ1n) is 5.08. The Morgan fingerprint density at radius 2 is 2.25 bits per heavy atom. The normalized spacial score (nSPS) is 10.7. The Labute approximate surface area is 102 Å². The lowest BCUT2D eigenvalue weighted by Gasteiger charge is -2.03. The van der Waals surface area contributed by atoms with Crippen molar-refractivity contribution in [2.75, 3.05) is 6.61 Å². The number of aromatic amines is 1. The van der Waals surface area contributed by atoms with Crippen molar-refractivity contribution < 1.29 is 9.53 Å². The molecule has 0 bridgehead atoms. The van der Waals surface area contributed by atoms with Crippen molar-refractivity contribution in [3.05, 3.63) is 33.9 Å². The molecule has 0 aliphatic carbocycles. The van der Waals surface area contributed by atoms with Crippen LogP contribution in [0.3, 0.4) is 0 Å². The topological polar surface area (TPSA) is 42.1 Å². The fraction of sp³-hybridized carbons (Fsp3) is 0.250. The summed E-state index contributed by atoms with van der Waals surface area (Å²) in [6.45, 7) is 4.17. The van der Waals surface area contributed by atoms with Crippen molar-refractivity contribution in [2.24, 2.45) is 0 Å². The molecule has 0 atom stereocenters. The molecule has 3 nitrogen and oxygen atoms in total. The van der Waals surface area contributed by atoms with Crippen molar-refractivity contribution in [1.29, 1.82) is 0 Å². The van der Waals surface area contributed by atoms with Gasteiger partial charge in [0, 0.05) is 21.6 Å². The van der Waals surface area contributed by atoms with Crippen LogP contribution in [0.25, 0.3) is 10.9 Å². The number of aromatic nitrogens is 1. The molecule has 1 aromatic carbocycles. The van der Waals surface area contributed by atoms with Crippen molar-refractivity contribution in [1.82, 2.24) is 4.98 Å². The fourth-order valence-electron chi connectivity index (χ4n) is 1.66. The van der Waals surface area contributed by atoms with Crippen LogP contribution < -0.4 is 0 Å². The Balaban J connectivity index is 2.63. The molecule has 16 heavy (non-hydrogen) atoms. The van der Waals surface area contributed by atoms with Gasteiger partial charge in [-0.1, -0.05) is 6.07 Å². The quantitative estimate of drug-likeness (QED) is 0.857. The Morgan fingerprint density at radius 3 is 2.94 bits per heavy atom. The zero-order valence-corrected chi connectivity index (χ0v) is 10.7. The molecular weight excluding hydrogens is 270 g/mol. The average Bonchev–Trinajstić information content (AvgIpc) is 2.68. The minimum absolute atomic E-state index is 0.292. The number of esters is 1. The molecule has 0 spiro atoms. The zero-order valence-electron chi connectivity index (χ0n) is 9.13. The number of rotatable bonds is 2. The van der Waals surface area contributed by atoms with E-state index in [0.29, 0.717) is 12.2 Å². The summed E-state index contributed by atoms with van der Waals surface area (Å²) >= 11 is 3.50. The number of aryl methyl sites for hydroxylation is 1. The lowest BCUT2D eigenvalue weighted by atomic mass is 10.1. The van der Waals surface area contributed by atoms with Crippen LogP contribution in [0.15, 0.2) is 22.8 Å². The first-order valence-corrected chi connectivity index (χ1v) is 5.87. The average molecular weight is 282 g/mol. The lowest BCUT2D eigenvalue weighted by molar-refractivity contribution is 0.0528. The first-order chi connectivity index (χ1) is 7.65. The predicted molar refractivity (Wildman–Crippen MR) is 66.7 cm³/mol. The number of H-pyrrole nitrogens is 1. The number of fused-ring (bicyclic) bond motifs is 1. The predicted octanol–water partition coefficient (Wildman–Crippen LogP) is 3.42. The van der Waals surface area contributed by atoms with E-state index in [1.165, 1.54) is 0 Å². The van der Waals surface area contributed by atoms with E-state index in [9.17, 15) is 4.79 Å². The van der Waals surface area contributed by atoms with E-state index in [0.717, 1.165) is 20.9 Å². The first kappa shape index (κ1) is 11.2. The molecule has 1 aromatic heterocycles. The van der Waals surface area contributed by atoms with Gasteiger partial charge in [-0.25, -0.2) is 4.79 Å². The fourth-order valence-corrected chi connectivity index (χ4v) is 2.22. The van der Waals surface area contributed by atoms with E-state index in [4.69, 9.17) is 4.74 Å². The van der Waals surface area contributed by atoms with E-state index in [2.05, 4.69) is 20.9 Å². The molecule has 1 heterocycles. The summed E-state index contributed by atoms with van der Waals surface area (Å²) in [4.78, 5) is 14.8. The highest BCUT2D eigenvalue weighted by atomic mass is 79.9. The number of halogens is 1. The highest BCUT2D eigenvalue weighted by molar-refractivity contribution is 9.10. The molecular formula is C12H12BrNO2. The minimum atomic E-state index is -0.292. The maximum Gasteiger partial charge on any atom is 0.340 e. The smallest absolute Gasteiger partial charge is 0.340 e. The zero-order chi connectivity index (χ0) is 11.7. The highest BCUT2D eigenvalue weighted by Gasteiger charge is 2.15. The summed E-state index contributed by atoms with van der Waals surface area (Å²) in [6.07, 6.45) is 1.69. The molecule has 2 rings (SSSR count). The van der Waals surface area contributed by atoms with E-state index >= 15 is 0 Å². The molecule has 0 aliphatic rings. The molecule has 0 amide bonds. The summed E-state index contributed by atoms with van der Waals surface area (Å²) in [5.41, 5.74) is 2.60. The third-order valence-corrected chi connectivity index (χ3v) is 3.49. The molecule has 0 fully saturated rings. The van der Waals surface area contributed by atoms with Gasteiger partial charge in [-0.05, 0) is 41.4 Å². The van der Waals surface area contributed by atoms with Crippen LogP contribution in [-0.4, -0.2) is 17.6 Å². The number of benzene rings is 1. The molecule has 84 valence electrons. The van der Waals surface area contributed by atoms with Crippen LogP contribution in [0, 0.1) is 6.92 Å². The van der Waals surface area contributed by atoms with Crippen molar-refractivity contribution in [3.63, 3.8) is 0 Å². The van der Waals surface area contributed by atoms with Crippen molar-refractivity contribution >= 4 is 32.8 Å². The molecule has 0 aliphatic heterocycles. The van der Waals surface area contributed by atoms with Gasteiger partial charge in [0.2, 0.25) is 0 Å². The van der Waals surface area contributed by atoms with Gasteiger partial charge in [0.25, 0.3) is 0 Å². The monoisotopic (exact) mass is 281 g/mol. The summed E-state index contributed by atoms with van der Waals surface area (Å²) in [5, 5.41) is 0.887. The largest absolute Gasteiger partial charge is 0.462 e. The van der Waals surface area contributed by atoms with Crippen molar-refractivity contribution in [3.8, 4) is 0 Å². The summed E-state index contributed by atoms with van der Waals surface area (Å²) < 4.78 is 5.95. The molecule has 0 saturated carbocycles. The minimum Gasteiger partial charge on any atom is -0.462 e. The molecule has 2 aromatic rings. The Bertz CT molecular complexity index is 545. The summed E-state index contributed by atoms with van der Waals surface area (Å²) in [5.74, 6) is -0.292. The third-order valence-electron chi connectivity index (χ3n) is 2.47. The van der Waals surface area contributed by atoms with Crippen LogP contribution in [0.1, 0.15) is 22.8 Å². The number of carbonyl (C=O) groups is 1. The van der Waals surface area contributed by atoms with Gasteiger partial charge in [-0.2, -0.15) is 0 Å². The summed E-state index contributed by atoms with van der Waals surface area (Å²) in [6, 6.07) is 3.95. The lowest BCUT2D eigenvalue weighted by Crippen LogP contribution is -2.03. The second-order valence-electron chi connectivity index (χ2n) is 3.54. The van der Waals surface area contributed by atoms with Crippen LogP contribution in [0.2, 0.25) is 0 Å². The number of nitrogens with one attached hydrogen (secondary N) is 1. The Kier molecular flexibility index (Phi) is 3.01. The van der Waals surface area contributed by atoms with Gasteiger partial charge in [-0.3, -0.25) is 0 Å². The van der Waals surface area contributed by atoms with Gasteiger partial charge in [0.15, 0.2) is 0 Å². The van der Waals surface area contributed by atoms with Crippen LogP contribution >= 0.6 is 15.9 Å². The van der Waals surface area contributed by atoms with E-state index in [1.54, 1.807) is 13.1 Å².